The monoisotopic (exact) mass is 272 g/mol. The van der Waals surface area contributed by atoms with Gasteiger partial charge >= 0.3 is 0 Å². The Hall–Kier alpha value is -1.39. The van der Waals surface area contributed by atoms with Gasteiger partial charge in [0.05, 0.1) is 6.54 Å². The van der Waals surface area contributed by atoms with Crippen LogP contribution in [0.4, 0.5) is 4.39 Å². The lowest BCUT2D eigenvalue weighted by Gasteiger charge is -2.07. The molecule has 0 unspecified atom stereocenters. The molecule has 0 saturated heterocycles. The molecule has 88 valence electrons. The number of rotatable bonds is 2. The van der Waals surface area contributed by atoms with Gasteiger partial charge < -0.3 is 4.57 Å². The fourth-order valence-electron chi connectivity index (χ4n) is 1.38. The highest BCUT2D eigenvalue weighted by molar-refractivity contribution is 6.31. The summed E-state index contributed by atoms with van der Waals surface area (Å²) in [7, 11) is 0. The Balaban J connectivity index is 2.38. The molecule has 0 radical (unpaired) electrons. The van der Waals surface area contributed by atoms with Gasteiger partial charge in [0.25, 0.3) is 5.56 Å². The van der Waals surface area contributed by atoms with Gasteiger partial charge in [-0.3, -0.25) is 4.79 Å². The van der Waals surface area contributed by atoms with Crippen molar-refractivity contribution in [1.82, 2.24) is 9.55 Å². The summed E-state index contributed by atoms with van der Waals surface area (Å²) in [5, 5.41) is 0.163. The third-order valence-electron chi connectivity index (χ3n) is 2.23. The zero-order valence-corrected chi connectivity index (χ0v) is 10.0. The van der Waals surface area contributed by atoms with E-state index < -0.39 is 11.4 Å². The first-order valence-corrected chi connectivity index (χ1v) is 5.48. The Morgan fingerprint density at radius 3 is 2.82 bits per heavy atom. The maximum absolute atomic E-state index is 12.8. The Bertz CT molecular complexity index is 613. The molecule has 0 aliphatic heterocycles. The Kier molecular flexibility index (Phi) is 3.45. The number of halogens is 3. The first-order valence-electron chi connectivity index (χ1n) is 4.73. The van der Waals surface area contributed by atoms with Gasteiger partial charge in [-0.15, -0.1) is 0 Å². The fourth-order valence-corrected chi connectivity index (χ4v) is 1.77. The van der Waals surface area contributed by atoms with Crippen molar-refractivity contribution >= 4 is 23.2 Å². The lowest BCUT2D eigenvalue weighted by Crippen LogP contribution is -2.21. The van der Waals surface area contributed by atoms with Crippen molar-refractivity contribution in [1.29, 1.82) is 0 Å². The molecule has 0 atom stereocenters. The first kappa shape index (κ1) is 12.1. The van der Waals surface area contributed by atoms with E-state index in [1.54, 1.807) is 0 Å². The topological polar surface area (TPSA) is 34.9 Å². The van der Waals surface area contributed by atoms with Crippen molar-refractivity contribution in [2.45, 2.75) is 6.54 Å². The molecule has 17 heavy (non-hydrogen) atoms. The number of nitrogens with zero attached hydrogens (tertiary/aromatic N) is 2. The van der Waals surface area contributed by atoms with E-state index in [1.807, 2.05) is 0 Å². The molecule has 2 aromatic rings. The van der Waals surface area contributed by atoms with Crippen LogP contribution in [0.15, 0.2) is 35.4 Å². The summed E-state index contributed by atoms with van der Waals surface area (Å²) in [6, 6.07) is 4.01. The van der Waals surface area contributed by atoms with Crippen molar-refractivity contribution < 1.29 is 4.39 Å². The minimum Gasteiger partial charge on any atom is -0.307 e. The van der Waals surface area contributed by atoms with Gasteiger partial charge in [-0.05, 0) is 17.7 Å². The molecule has 0 aliphatic carbocycles. The third-order valence-corrected chi connectivity index (χ3v) is 2.84. The van der Waals surface area contributed by atoms with Gasteiger partial charge in [0.1, 0.15) is 5.82 Å². The molecule has 1 heterocycles. The Morgan fingerprint density at radius 2 is 2.12 bits per heavy atom. The van der Waals surface area contributed by atoms with Gasteiger partial charge in [0.15, 0.2) is 5.15 Å². The molecule has 6 heteroatoms. The van der Waals surface area contributed by atoms with E-state index in [2.05, 4.69) is 4.98 Å². The summed E-state index contributed by atoms with van der Waals surface area (Å²) in [5.74, 6) is -0.418. The predicted octanol–water partition coefficient (Wildman–Crippen LogP) is 2.74. The van der Waals surface area contributed by atoms with Crippen molar-refractivity contribution in [3.8, 4) is 0 Å². The van der Waals surface area contributed by atoms with Crippen LogP contribution in [-0.4, -0.2) is 9.55 Å². The maximum atomic E-state index is 12.8. The lowest BCUT2D eigenvalue weighted by molar-refractivity contribution is 0.626. The van der Waals surface area contributed by atoms with Gasteiger partial charge in [0, 0.05) is 17.4 Å². The third kappa shape index (κ3) is 2.65. The Labute approximate surface area is 106 Å². The second-order valence-corrected chi connectivity index (χ2v) is 4.15. The summed E-state index contributed by atoms with van der Waals surface area (Å²) in [6.45, 7) is 0.222. The summed E-state index contributed by atoms with van der Waals surface area (Å²) in [6.07, 6.45) is 2.91. The van der Waals surface area contributed by atoms with Crippen LogP contribution in [0.1, 0.15) is 5.56 Å². The number of benzene rings is 1. The average molecular weight is 273 g/mol. The molecule has 1 aromatic carbocycles. The molecule has 0 amide bonds. The fraction of sp³-hybridized carbons (Fsp3) is 0.0909. The molecule has 0 aliphatic rings. The maximum Gasteiger partial charge on any atom is 0.288 e. The molecule has 3 nitrogen and oxygen atoms in total. The average Bonchev–Trinajstić information content (AvgIpc) is 2.28. The van der Waals surface area contributed by atoms with E-state index in [0.717, 1.165) is 0 Å². The van der Waals surface area contributed by atoms with Crippen molar-refractivity contribution in [2.75, 3.05) is 0 Å². The van der Waals surface area contributed by atoms with E-state index in [4.69, 9.17) is 23.2 Å². The molecule has 1 aromatic heterocycles. The van der Waals surface area contributed by atoms with Crippen LogP contribution in [0.3, 0.4) is 0 Å². The second kappa shape index (κ2) is 4.85. The van der Waals surface area contributed by atoms with Crippen LogP contribution >= 0.6 is 23.2 Å². The molecule has 0 saturated carbocycles. The van der Waals surface area contributed by atoms with Crippen molar-refractivity contribution in [2.24, 2.45) is 0 Å². The van der Waals surface area contributed by atoms with Gasteiger partial charge in [0.2, 0.25) is 0 Å². The van der Waals surface area contributed by atoms with Gasteiger partial charge in [-0.2, -0.15) is 0 Å². The van der Waals surface area contributed by atoms with E-state index in [-0.39, 0.29) is 16.7 Å². The molecular formula is C11H7Cl2FN2O. The van der Waals surface area contributed by atoms with E-state index in [0.29, 0.717) is 5.56 Å². The molecule has 0 N–H and O–H groups in total. The molecule has 2 rings (SSSR count). The highest BCUT2D eigenvalue weighted by Crippen LogP contribution is 2.17. The second-order valence-electron chi connectivity index (χ2n) is 3.39. The van der Waals surface area contributed by atoms with Crippen LogP contribution in [0.5, 0.6) is 0 Å². The van der Waals surface area contributed by atoms with Crippen LogP contribution in [0, 0.1) is 5.82 Å². The lowest BCUT2D eigenvalue weighted by atomic mass is 10.2. The molecule has 0 fully saturated rings. The first-order chi connectivity index (χ1) is 8.08. The van der Waals surface area contributed by atoms with Gasteiger partial charge in [-0.25, -0.2) is 9.37 Å². The van der Waals surface area contributed by atoms with E-state index in [9.17, 15) is 9.18 Å². The highest BCUT2D eigenvalue weighted by atomic mass is 35.5. The van der Waals surface area contributed by atoms with Crippen LogP contribution in [0.25, 0.3) is 0 Å². The van der Waals surface area contributed by atoms with Crippen LogP contribution in [-0.2, 0) is 6.54 Å². The van der Waals surface area contributed by atoms with Crippen molar-refractivity contribution in [3.63, 3.8) is 0 Å². The minimum atomic E-state index is -0.418. The highest BCUT2D eigenvalue weighted by Gasteiger charge is 2.06. The zero-order valence-electron chi connectivity index (χ0n) is 8.53. The number of hydrogen-bond donors (Lipinski definition) is 0. The summed E-state index contributed by atoms with van der Waals surface area (Å²) < 4.78 is 14.2. The SMILES string of the molecule is O=c1c(Cl)nccn1Cc1ccc(F)cc1Cl. The minimum absolute atomic E-state index is 0.106. The van der Waals surface area contributed by atoms with Crippen molar-refractivity contribution in [3.05, 3.63) is 62.5 Å². The van der Waals surface area contributed by atoms with Gasteiger partial charge in [-0.1, -0.05) is 29.3 Å². The summed E-state index contributed by atoms with van der Waals surface area (Å²) in [4.78, 5) is 15.3. The number of hydrogen-bond acceptors (Lipinski definition) is 2. The van der Waals surface area contributed by atoms with Crippen LogP contribution in [0.2, 0.25) is 10.2 Å². The van der Waals surface area contributed by atoms with E-state index in [1.165, 1.54) is 35.2 Å². The number of aromatic nitrogens is 2. The molecule has 0 bridgehead atoms. The smallest absolute Gasteiger partial charge is 0.288 e. The molecule has 0 spiro atoms. The van der Waals surface area contributed by atoms with Crippen LogP contribution < -0.4 is 5.56 Å². The zero-order chi connectivity index (χ0) is 12.4. The summed E-state index contributed by atoms with van der Waals surface area (Å²) >= 11 is 11.5. The standard InChI is InChI=1S/C11H7Cl2FN2O/c12-9-5-8(14)2-1-7(9)6-16-4-3-15-10(13)11(16)17/h1-5H,6H2. The molecular weight excluding hydrogens is 266 g/mol. The summed E-state index contributed by atoms with van der Waals surface area (Å²) in [5.41, 5.74) is 0.229. The quantitative estimate of drug-likeness (QED) is 0.843. The largest absolute Gasteiger partial charge is 0.307 e. The van der Waals surface area contributed by atoms with E-state index >= 15 is 0 Å². The normalized spacial score (nSPS) is 10.5. The Morgan fingerprint density at radius 1 is 1.35 bits per heavy atom. The predicted molar refractivity (Wildman–Crippen MR) is 64.0 cm³/mol.